The molecule has 0 saturated carbocycles. The molecule has 4 rings (SSSR count). The molecule has 2 aliphatic rings. The van der Waals surface area contributed by atoms with Gasteiger partial charge in [0.05, 0.1) is 29.1 Å². The smallest absolute Gasteiger partial charge is 0.228 e. The molecule has 1 aromatic heterocycles. The van der Waals surface area contributed by atoms with Gasteiger partial charge in [-0.3, -0.25) is 4.79 Å². The number of carbonyl (C=O) groups excluding carboxylic acids is 1. The number of Topliss-reactive ketones (excluding diaryl/α,β-unsaturated/α-hetero) is 1. The summed E-state index contributed by atoms with van der Waals surface area (Å²) >= 11 is 3.39. The Kier molecular flexibility index (Phi) is 9.23. The quantitative estimate of drug-likeness (QED) is 0.490. The van der Waals surface area contributed by atoms with Crippen molar-refractivity contribution in [2.75, 3.05) is 37.4 Å². The van der Waals surface area contributed by atoms with Crippen LogP contribution < -0.4 is 10.2 Å². The van der Waals surface area contributed by atoms with E-state index in [1.165, 1.54) is 12.8 Å². The van der Waals surface area contributed by atoms with E-state index in [-0.39, 0.29) is 17.3 Å². The van der Waals surface area contributed by atoms with E-state index in [1.807, 2.05) is 25.9 Å². The molecule has 0 spiro atoms. The van der Waals surface area contributed by atoms with Crippen LogP contribution in [-0.4, -0.2) is 59.9 Å². The third-order valence-electron chi connectivity index (χ3n) is 6.48. The lowest BCUT2D eigenvalue weighted by molar-refractivity contribution is -0.117. The number of hydrogen-bond acceptors (Lipinski definition) is 7. The fourth-order valence-electron chi connectivity index (χ4n) is 4.00. The SMILES string of the molecule is CCCC.CCCC(Nc1nc(N2CC(N(C)C)C2)nc2c(F)c(Br)c3c(c12)COC3)C(C)=O. The minimum atomic E-state index is -0.416. The Morgan fingerprint density at radius 2 is 1.82 bits per heavy atom. The molecule has 7 nitrogen and oxygen atoms in total. The summed E-state index contributed by atoms with van der Waals surface area (Å²) in [5, 5.41) is 3.91. The number of hydrogen-bond donors (Lipinski definition) is 1. The van der Waals surface area contributed by atoms with Crippen molar-refractivity contribution in [2.45, 2.75) is 78.7 Å². The molecule has 0 amide bonds. The number of benzene rings is 1. The molecule has 1 N–H and O–H groups in total. The van der Waals surface area contributed by atoms with Gasteiger partial charge in [-0.25, -0.2) is 9.37 Å². The van der Waals surface area contributed by atoms with Gasteiger partial charge >= 0.3 is 0 Å². The first kappa shape index (κ1) is 26.8. The fraction of sp³-hybridized carbons (Fsp3) is 0.640. The molecule has 34 heavy (non-hydrogen) atoms. The van der Waals surface area contributed by atoms with Crippen molar-refractivity contribution in [1.29, 1.82) is 0 Å². The number of unbranched alkanes of at least 4 members (excludes halogenated alkanes) is 1. The number of ether oxygens (including phenoxy) is 1. The van der Waals surface area contributed by atoms with Crippen molar-refractivity contribution in [3.63, 3.8) is 0 Å². The molecule has 1 unspecified atom stereocenters. The summed E-state index contributed by atoms with van der Waals surface area (Å²) in [5.74, 6) is 0.601. The van der Waals surface area contributed by atoms with Crippen LogP contribution in [0, 0.1) is 5.82 Å². The zero-order chi connectivity index (χ0) is 25.0. The van der Waals surface area contributed by atoms with Crippen LogP contribution in [0.4, 0.5) is 16.2 Å². The van der Waals surface area contributed by atoms with Gasteiger partial charge in [-0.1, -0.05) is 40.0 Å². The second-order valence-electron chi connectivity index (χ2n) is 9.29. The Bertz CT molecular complexity index is 1020. The Morgan fingerprint density at radius 3 is 2.38 bits per heavy atom. The van der Waals surface area contributed by atoms with Gasteiger partial charge < -0.3 is 19.9 Å². The Hall–Kier alpha value is -1.84. The third kappa shape index (κ3) is 5.52. The molecule has 9 heteroatoms. The van der Waals surface area contributed by atoms with Crippen LogP contribution in [-0.2, 0) is 22.7 Å². The molecule has 0 aliphatic carbocycles. The predicted octanol–water partition coefficient (Wildman–Crippen LogP) is 5.29. The average Bonchev–Trinajstić information content (AvgIpc) is 3.25. The fourth-order valence-corrected chi connectivity index (χ4v) is 4.54. The number of halogens is 2. The van der Waals surface area contributed by atoms with E-state index in [1.54, 1.807) is 6.92 Å². The van der Waals surface area contributed by atoms with Crippen LogP contribution in [0.15, 0.2) is 4.47 Å². The maximum absolute atomic E-state index is 15.3. The molecule has 0 radical (unpaired) electrons. The molecular weight excluding hydrogens is 501 g/mol. The highest BCUT2D eigenvalue weighted by atomic mass is 79.9. The predicted molar refractivity (Wildman–Crippen MR) is 139 cm³/mol. The first-order valence-electron chi connectivity index (χ1n) is 12.2. The van der Waals surface area contributed by atoms with Gasteiger partial charge in [0, 0.05) is 24.7 Å². The summed E-state index contributed by atoms with van der Waals surface area (Å²) in [5.41, 5.74) is 1.91. The van der Waals surface area contributed by atoms with E-state index < -0.39 is 5.82 Å². The van der Waals surface area contributed by atoms with Crippen molar-refractivity contribution in [1.82, 2.24) is 14.9 Å². The van der Waals surface area contributed by atoms with Crippen LogP contribution in [0.5, 0.6) is 0 Å². The van der Waals surface area contributed by atoms with Crippen LogP contribution in [0.25, 0.3) is 10.9 Å². The van der Waals surface area contributed by atoms with E-state index in [0.29, 0.717) is 47.3 Å². The lowest BCUT2D eigenvalue weighted by Gasteiger charge is -2.42. The molecule has 0 bridgehead atoms. The second kappa shape index (κ2) is 11.7. The highest BCUT2D eigenvalue weighted by Crippen LogP contribution is 2.40. The highest BCUT2D eigenvalue weighted by molar-refractivity contribution is 9.10. The monoisotopic (exact) mass is 537 g/mol. The van der Waals surface area contributed by atoms with Crippen LogP contribution >= 0.6 is 15.9 Å². The van der Waals surface area contributed by atoms with Crippen LogP contribution in [0.2, 0.25) is 0 Å². The number of anilines is 2. The number of aromatic nitrogens is 2. The van der Waals surface area contributed by atoms with E-state index in [4.69, 9.17) is 9.72 Å². The van der Waals surface area contributed by atoms with E-state index >= 15 is 4.39 Å². The summed E-state index contributed by atoms with van der Waals surface area (Å²) in [6.07, 6.45) is 4.17. The average molecular weight is 539 g/mol. The molecule has 1 saturated heterocycles. The topological polar surface area (TPSA) is 70.6 Å². The lowest BCUT2D eigenvalue weighted by atomic mass is 10.0. The molecule has 1 aromatic carbocycles. The van der Waals surface area contributed by atoms with Crippen molar-refractivity contribution < 1.29 is 13.9 Å². The minimum Gasteiger partial charge on any atom is -0.372 e. The van der Waals surface area contributed by atoms with Gasteiger partial charge in [-0.2, -0.15) is 4.98 Å². The van der Waals surface area contributed by atoms with Crippen LogP contribution in [0.1, 0.15) is 64.5 Å². The summed E-state index contributed by atoms with van der Waals surface area (Å²) in [6, 6.07) is 0.0345. The van der Waals surface area contributed by atoms with Crippen LogP contribution in [0.3, 0.4) is 0 Å². The summed E-state index contributed by atoms with van der Waals surface area (Å²) in [4.78, 5) is 25.8. The van der Waals surface area contributed by atoms with Gasteiger partial charge in [0.15, 0.2) is 11.6 Å². The number of ketones is 1. The van der Waals surface area contributed by atoms with Crippen molar-refractivity contribution >= 4 is 44.4 Å². The van der Waals surface area contributed by atoms with Gasteiger partial charge in [-0.05, 0) is 48.9 Å². The van der Waals surface area contributed by atoms with Gasteiger partial charge in [-0.15, -0.1) is 0 Å². The molecular formula is C25H37BrFN5O2. The highest BCUT2D eigenvalue weighted by Gasteiger charge is 2.33. The number of carbonyl (C=O) groups is 1. The molecule has 188 valence electrons. The summed E-state index contributed by atoms with van der Waals surface area (Å²) in [6.45, 7) is 10.2. The standard InChI is InChI=1S/C21H27BrFN5O2.C4H10/c1-5-6-15(11(2)29)24-20-16-13-9-30-10-14(13)17(22)18(23)19(16)25-21(26-20)28-7-12(8-28)27(3)4;1-3-4-2/h12,15H,5-10H2,1-4H3,(H,24,25,26);3-4H2,1-2H3. The second-order valence-corrected chi connectivity index (χ2v) is 10.1. The molecule has 1 atom stereocenters. The number of rotatable bonds is 8. The molecule has 2 aromatic rings. The van der Waals surface area contributed by atoms with Crippen molar-refractivity contribution in [3.05, 3.63) is 21.4 Å². The Balaban J connectivity index is 0.000000751. The molecule has 2 aliphatic heterocycles. The zero-order valence-electron chi connectivity index (χ0n) is 21.2. The first-order chi connectivity index (χ1) is 16.2. The minimum absolute atomic E-state index is 0.0345. The number of nitrogens with one attached hydrogen (secondary N) is 1. The maximum Gasteiger partial charge on any atom is 0.228 e. The van der Waals surface area contributed by atoms with Gasteiger partial charge in [0.2, 0.25) is 5.95 Å². The number of nitrogens with zero attached hydrogens (tertiary/aromatic N) is 4. The van der Waals surface area contributed by atoms with Crippen molar-refractivity contribution in [3.8, 4) is 0 Å². The van der Waals surface area contributed by atoms with Gasteiger partial charge in [0.25, 0.3) is 0 Å². The number of likely N-dealkylation sites (N-methyl/N-ethyl adjacent to an activating group) is 1. The van der Waals surface area contributed by atoms with E-state index in [0.717, 1.165) is 30.6 Å². The summed E-state index contributed by atoms with van der Waals surface area (Å²) < 4.78 is 21.3. The Morgan fingerprint density at radius 1 is 1.18 bits per heavy atom. The largest absolute Gasteiger partial charge is 0.372 e. The lowest BCUT2D eigenvalue weighted by Crippen LogP contribution is -2.58. The first-order valence-corrected chi connectivity index (χ1v) is 13.0. The van der Waals surface area contributed by atoms with Gasteiger partial charge in [0.1, 0.15) is 11.3 Å². The zero-order valence-corrected chi connectivity index (χ0v) is 22.8. The van der Waals surface area contributed by atoms with E-state index in [9.17, 15) is 4.79 Å². The molecule has 1 fully saturated rings. The van der Waals surface area contributed by atoms with Crippen molar-refractivity contribution in [2.24, 2.45) is 0 Å². The normalized spacial score (nSPS) is 16.2. The number of fused-ring (bicyclic) bond motifs is 3. The third-order valence-corrected chi connectivity index (χ3v) is 7.30. The Labute approximate surface area is 210 Å². The van der Waals surface area contributed by atoms with E-state index in [2.05, 4.69) is 45.0 Å². The summed E-state index contributed by atoms with van der Waals surface area (Å²) in [7, 11) is 4.08. The molecule has 3 heterocycles. The maximum atomic E-state index is 15.3.